The second-order valence-electron chi connectivity index (χ2n) is 9.35. The highest BCUT2D eigenvalue weighted by atomic mass is 16.6. The average molecular weight is 548 g/mol. The van der Waals surface area contributed by atoms with Gasteiger partial charge in [0.1, 0.15) is 24.7 Å². The summed E-state index contributed by atoms with van der Waals surface area (Å²) in [4.78, 5) is 36.8. The lowest BCUT2D eigenvalue weighted by Gasteiger charge is -2.17. The van der Waals surface area contributed by atoms with Crippen molar-refractivity contribution in [1.82, 2.24) is 0 Å². The van der Waals surface area contributed by atoms with Crippen LogP contribution in [0, 0.1) is 11.8 Å². The van der Waals surface area contributed by atoms with Crippen LogP contribution >= 0.6 is 0 Å². The molecule has 0 fully saturated rings. The van der Waals surface area contributed by atoms with Crippen molar-refractivity contribution in [2.75, 3.05) is 19.8 Å². The Morgan fingerprint density at radius 3 is 1.93 bits per heavy atom. The normalized spacial score (nSPS) is 12.2. The maximum absolute atomic E-state index is 12.6. The topological polar surface area (TPSA) is 114 Å². The van der Waals surface area contributed by atoms with E-state index in [9.17, 15) is 14.4 Å². The van der Waals surface area contributed by atoms with Crippen LogP contribution < -0.4 is 15.2 Å². The third kappa shape index (κ3) is 8.95. The Morgan fingerprint density at radius 2 is 1.35 bits per heavy atom. The number of esters is 3. The van der Waals surface area contributed by atoms with Gasteiger partial charge < -0.3 is 24.7 Å². The van der Waals surface area contributed by atoms with E-state index in [0.717, 1.165) is 16.7 Å². The third-order valence-electron chi connectivity index (χ3n) is 6.43. The molecule has 0 radical (unpaired) electrons. The molecule has 0 aliphatic carbocycles. The van der Waals surface area contributed by atoms with E-state index in [1.807, 2.05) is 43.3 Å². The number of hydrogen-bond acceptors (Lipinski definition) is 8. The van der Waals surface area contributed by atoms with E-state index in [-0.39, 0.29) is 31.1 Å². The molecule has 0 saturated heterocycles. The highest BCUT2D eigenvalue weighted by Crippen LogP contribution is 2.24. The van der Waals surface area contributed by atoms with Crippen molar-refractivity contribution < 1.29 is 33.3 Å². The first-order valence-corrected chi connectivity index (χ1v) is 13.5. The van der Waals surface area contributed by atoms with E-state index < -0.39 is 11.9 Å². The van der Waals surface area contributed by atoms with Crippen LogP contribution in [0.5, 0.6) is 11.5 Å². The summed E-state index contributed by atoms with van der Waals surface area (Å²) in [5.41, 5.74) is 9.15. The molecule has 2 N–H and O–H groups in total. The van der Waals surface area contributed by atoms with Crippen LogP contribution in [-0.2, 0) is 25.6 Å². The number of nitrogens with two attached hydrogens (primary N) is 1. The Balaban J connectivity index is 1.42. The van der Waals surface area contributed by atoms with Crippen molar-refractivity contribution in [3.63, 3.8) is 0 Å². The summed E-state index contributed by atoms with van der Waals surface area (Å²) in [6.07, 6.45) is 0.972. The number of rotatable bonds is 14. The minimum absolute atomic E-state index is 0.0658. The summed E-state index contributed by atoms with van der Waals surface area (Å²) in [6, 6.07) is 21.8. The molecule has 40 heavy (non-hydrogen) atoms. The van der Waals surface area contributed by atoms with Crippen molar-refractivity contribution in [3.8, 4) is 22.6 Å². The van der Waals surface area contributed by atoms with Gasteiger partial charge in [-0.25, -0.2) is 4.79 Å². The molecule has 2 atom stereocenters. The Hall–Kier alpha value is -4.17. The summed E-state index contributed by atoms with van der Waals surface area (Å²) in [7, 11) is 0. The Bertz CT molecular complexity index is 1240. The standard InChI is InChI=1S/C32H37NO7/c1-4-24(31(35)37-5-2)20-22(3)30(34)39-19-18-38-28-14-12-27(13-15-28)32(36)40-29-16-10-26(11-17-29)25-8-6-23(21-33)7-9-25/h6-17,22,24H,4-5,18-21,33H2,1-3H3. The molecule has 0 aliphatic heterocycles. The van der Waals surface area contributed by atoms with Gasteiger partial charge in [-0.15, -0.1) is 0 Å². The van der Waals surface area contributed by atoms with Gasteiger partial charge in [0.25, 0.3) is 0 Å². The van der Waals surface area contributed by atoms with E-state index in [2.05, 4.69) is 0 Å². The second kappa shape index (κ2) is 15.4. The first-order valence-electron chi connectivity index (χ1n) is 13.5. The highest BCUT2D eigenvalue weighted by Gasteiger charge is 2.25. The van der Waals surface area contributed by atoms with Gasteiger partial charge in [0.15, 0.2) is 0 Å². The quantitative estimate of drug-likeness (QED) is 0.158. The second-order valence-corrected chi connectivity index (χ2v) is 9.35. The lowest BCUT2D eigenvalue weighted by molar-refractivity contribution is -0.152. The fourth-order valence-corrected chi connectivity index (χ4v) is 4.06. The maximum atomic E-state index is 12.6. The molecule has 3 aromatic rings. The molecule has 8 nitrogen and oxygen atoms in total. The summed E-state index contributed by atoms with van der Waals surface area (Å²) in [5.74, 6) is -0.954. The Kier molecular flexibility index (Phi) is 11.7. The third-order valence-corrected chi connectivity index (χ3v) is 6.43. The minimum atomic E-state index is -0.484. The summed E-state index contributed by atoms with van der Waals surface area (Å²) in [6.45, 7) is 6.41. The fraction of sp³-hybridized carbons (Fsp3) is 0.344. The van der Waals surface area contributed by atoms with E-state index in [1.54, 1.807) is 50.2 Å². The zero-order valence-electron chi connectivity index (χ0n) is 23.3. The molecule has 0 bridgehead atoms. The fourth-order valence-electron chi connectivity index (χ4n) is 4.06. The molecule has 8 heteroatoms. The molecule has 0 spiro atoms. The molecule has 0 aromatic heterocycles. The molecule has 2 unspecified atom stereocenters. The molecular formula is C32H37NO7. The smallest absolute Gasteiger partial charge is 0.343 e. The van der Waals surface area contributed by atoms with Crippen LogP contribution in [0.1, 0.15) is 49.5 Å². The average Bonchev–Trinajstić information content (AvgIpc) is 2.98. The van der Waals surface area contributed by atoms with E-state index in [0.29, 0.717) is 43.1 Å². The summed E-state index contributed by atoms with van der Waals surface area (Å²) < 4.78 is 21.5. The van der Waals surface area contributed by atoms with Gasteiger partial charge in [-0.1, -0.05) is 50.2 Å². The van der Waals surface area contributed by atoms with Crippen LogP contribution in [0.25, 0.3) is 11.1 Å². The predicted octanol–water partition coefficient (Wildman–Crippen LogP) is 5.57. The van der Waals surface area contributed by atoms with Crippen molar-refractivity contribution in [2.45, 2.75) is 40.2 Å². The van der Waals surface area contributed by atoms with Crippen LogP contribution in [0.15, 0.2) is 72.8 Å². The molecule has 0 amide bonds. The SMILES string of the molecule is CCOC(=O)C(CC)CC(C)C(=O)OCCOc1ccc(C(=O)Oc2ccc(-c3ccc(CN)cc3)cc2)cc1. The zero-order valence-corrected chi connectivity index (χ0v) is 23.3. The summed E-state index contributed by atoms with van der Waals surface area (Å²) >= 11 is 0. The number of carbonyl (C=O) groups excluding carboxylic acids is 3. The maximum Gasteiger partial charge on any atom is 0.343 e. The molecule has 0 heterocycles. The van der Waals surface area contributed by atoms with E-state index >= 15 is 0 Å². The lowest BCUT2D eigenvalue weighted by Crippen LogP contribution is -2.25. The summed E-state index contributed by atoms with van der Waals surface area (Å²) in [5, 5.41) is 0. The van der Waals surface area contributed by atoms with Gasteiger partial charge >= 0.3 is 17.9 Å². The largest absolute Gasteiger partial charge is 0.490 e. The van der Waals surface area contributed by atoms with Crippen molar-refractivity contribution >= 4 is 17.9 Å². The number of hydrogen-bond donors (Lipinski definition) is 1. The molecule has 0 saturated carbocycles. The zero-order chi connectivity index (χ0) is 28.9. The van der Waals surface area contributed by atoms with Gasteiger partial charge in [-0.3, -0.25) is 9.59 Å². The predicted molar refractivity (Wildman–Crippen MR) is 152 cm³/mol. The Morgan fingerprint density at radius 1 is 0.750 bits per heavy atom. The molecule has 3 rings (SSSR count). The van der Waals surface area contributed by atoms with Crippen molar-refractivity contribution in [1.29, 1.82) is 0 Å². The van der Waals surface area contributed by atoms with Crippen LogP contribution in [-0.4, -0.2) is 37.7 Å². The molecule has 3 aromatic carbocycles. The van der Waals surface area contributed by atoms with Crippen LogP contribution in [0.3, 0.4) is 0 Å². The van der Waals surface area contributed by atoms with Crippen molar-refractivity contribution in [3.05, 3.63) is 83.9 Å². The van der Waals surface area contributed by atoms with Crippen LogP contribution in [0.2, 0.25) is 0 Å². The van der Waals surface area contributed by atoms with Gasteiger partial charge in [0.2, 0.25) is 0 Å². The first kappa shape index (κ1) is 30.4. The van der Waals surface area contributed by atoms with Gasteiger partial charge in [0.05, 0.1) is 24.0 Å². The van der Waals surface area contributed by atoms with Gasteiger partial charge in [-0.05, 0) is 72.9 Å². The first-order chi connectivity index (χ1) is 19.3. The molecular weight excluding hydrogens is 510 g/mol. The molecule has 212 valence electrons. The monoisotopic (exact) mass is 547 g/mol. The number of benzene rings is 3. The highest BCUT2D eigenvalue weighted by molar-refractivity contribution is 5.91. The number of carbonyl (C=O) groups is 3. The van der Waals surface area contributed by atoms with E-state index in [4.69, 9.17) is 24.7 Å². The van der Waals surface area contributed by atoms with E-state index in [1.165, 1.54) is 0 Å². The lowest BCUT2D eigenvalue weighted by atomic mass is 9.94. The molecule has 0 aliphatic rings. The van der Waals surface area contributed by atoms with Crippen molar-refractivity contribution in [2.24, 2.45) is 17.6 Å². The number of ether oxygens (including phenoxy) is 4. The minimum Gasteiger partial charge on any atom is -0.490 e. The Labute approximate surface area is 235 Å². The van der Waals surface area contributed by atoms with Gasteiger partial charge in [-0.2, -0.15) is 0 Å². The van der Waals surface area contributed by atoms with Gasteiger partial charge in [0, 0.05) is 6.54 Å². The van der Waals surface area contributed by atoms with Crippen LogP contribution in [0.4, 0.5) is 0 Å².